The van der Waals surface area contributed by atoms with E-state index in [9.17, 15) is 0 Å². The van der Waals surface area contributed by atoms with E-state index in [-0.39, 0.29) is 24.0 Å². The third-order valence-electron chi connectivity index (χ3n) is 5.12. The molecule has 0 spiro atoms. The molecule has 0 saturated carbocycles. The number of benzene rings is 1. The standard InChI is InChI=1S/C22H32N4O3S.HI/c1-23-22(26-11-9-20(10-12-26)29-14-4-13-27-2)24-15-18-16-30-21(25-18)17-5-7-19(28-3)8-6-17;/h5-8,16,20H,4,9-15H2,1-3H3,(H,23,24);1H. The van der Waals surface area contributed by atoms with Crippen LogP contribution in [0.5, 0.6) is 5.75 Å². The quantitative estimate of drug-likeness (QED) is 0.216. The molecular weight excluding hydrogens is 527 g/mol. The van der Waals surface area contributed by atoms with Crippen molar-refractivity contribution in [2.24, 2.45) is 4.99 Å². The van der Waals surface area contributed by atoms with Gasteiger partial charge in [0.15, 0.2) is 5.96 Å². The predicted octanol–water partition coefficient (Wildman–Crippen LogP) is 4.03. The molecule has 0 atom stereocenters. The molecule has 1 aliphatic heterocycles. The fourth-order valence-electron chi connectivity index (χ4n) is 3.44. The summed E-state index contributed by atoms with van der Waals surface area (Å²) in [5.74, 6) is 1.77. The highest BCUT2D eigenvalue weighted by molar-refractivity contribution is 14.0. The van der Waals surface area contributed by atoms with Gasteiger partial charge in [0.2, 0.25) is 0 Å². The summed E-state index contributed by atoms with van der Waals surface area (Å²) >= 11 is 1.65. The SMILES string of the molecule is CN=C(NCc1csc(-c2ccc(OC)cc2)n1)N1CCC(OCCCOC)CC1.I. The minimum atomic E-state index is 0. The van der Waals surface area contributed by atoms with Crippen LogP contribution in [0.3, 0.4) is 0 Å². The summed E-state index contributed by atoms with van der Waals surface area (Å²) in [4.78, 5) is 11.5. The highest BCUT2D eigenvalue weighted by Gasteiger charge is 2.22. The van der Waals surface area contributed by atoms with Gasteiger partial charge < -0.3 is 24.4 Å². The summed E-state index contributed by atoms with van der Waals surface area (Å²) in [5, 5.41) is 6.56. The van der Waals surface area contributed by atoms with Crippen LogP contribution in [-0.2, 0) is 16.0 Å². The Balaban J connectivity index is 0.00000341. The molecule has 1 aromatic heterocycles. The smallest absolute Gasteiger partial charge is 0.193 e. The Bertz CT molecular complexity index is 792. The van der Waals surface area contributed by atoms with E-state index >= 15 is 0 Å². The van der Waals surface area contributed by atoms with Crippen LogP contribution in [-0.4, -0.2) is 69.5 Å². The highest BCUT2D eigenvalue weighted by atomic mass is 127. The predicted molar refractivity (Wildman–Crippen MR) is 137 cm³/mol. The first-order valence-electron chi connectivity index (χ1n) is 10.4. The third kappa shape index (κ3) is 7.89. The zero-order chi connectivity index (χ0) is 21.2. The van der Waals surface area contributed by atoms with E-state index in [1.54, 1.807) is 25.6 Å². The fraction of sp³-hybridized carbons (Fsp3) is 0.545. The van der Waals surface area contributed by atoms with Crippen LogP contribution in [0, 0.1) is 0 Å². The molecule has 1 aliphatic rings. The molecule has 172 valence electrons. The van der Waals surface area contributed by atoms with Crippen molar-refractivity contribution in [3.63, 3.8) is 0 Å². The molecule has 0 bridgehead atoms. The van der Waals surface area contributed by atoms with E-state index in [1.165, 1.54) is 0 Å². The maximum atomic E-state index is 5.95. The number of aromatic nitrogens is 1. The lowest BCUT2D eigenvalue weighted by molar-refractivity contribution is 0.00989. The number of hydrogen-bond acceptors (Lipinski definition) is 6. The number of halogens is 1. The molecule has 0 amide bonds. The van der Waals surface area contributed by atoms with E-state index in [0.717, 1.165) is 73.5 Å². The molecule has 1 fully saturated rings. The number of aliphatic imine (C=N–C) groups is 1. The lowest BCUT2D eigenvalue weighted by Crippen LogP contribution is -2.46. The van der Waals surface area contributed by atoms with Crippen molar-refractivity contribution in [1.82, 2.24) is 15.2 Å². The minimum absolute atomic E-state index is 0. The Morgan fingerprint density at radius 3 is 2.58 bits per heavy atom. The largest absolute Gasteiger partial charge is 0.497 e. The molecule has 7 nitrogen and oxygen atoms in total. The molecule has 0 radical (unpaired) electrons. The molecule has 1 aromatic carbocycles. The molecule has 1 saturated heterocycles. The van der Waals surface area contributed by atoms with E-state index in [2.05, 4.69) is 20.6 Å². The van der Waals surface area contributed by atoms with Crippen LogP contribution < -0.4 is 10.1 Å². The molecule has 3 rings (SSSR count). The summed E-state index contributed by atoms with van der Waals surface area (Å²) in [5.41, 5.74) is 2.12. The average molecular weight is 561 g/mol. The van der Waals surface area contributed by atoms with Gasteiger partial charge in [-0.1, -0.05) is 0 Å². The Morgan fingerprint density at radius 2 is 1.94 bits per heavy atom. The molecule has 9 heteroatoms. The van der Waals surface area contributed by atoms with E-state index in [4.69, 9.17) is 19.2 Å². The Hall–Kier alpha value is -1.43. The number of thiazole rings is 1. The summed E-state index contributed by atoms with van der Waals surface area (Å²) in [6.07, 6.45) is 3.33. The van der Waals surface area contributed by atoms with Crippen molar-refractivity contribution < 1.29 is 14.2 Å². The second kappa shape index (κ2) is 13.9. The van der Waals surface area contributed by atoms with Crippen LogP contribution in [0.4, 0.5) is 0 Å². The van der Waals surface area contributed by atoms with Gasteiger partial charge in [-0.3, -0.25) is 4.99 Å². The lowest BCUT2D eigenvalue weighted by atomic mass is 10.1. The van der Waals surface area contributed by atoms with Crippen molar-refractivity contribution in [1.29, 1.82) is 0 Å². The number of rotatable bonds is 9. The first-order valence-corrected chi connectivity index (χ1v) is 11.3. The summed E-state index contributed by atoms with van der Waals surface area (Å²) < 4.78 is 16.2. The van der Waals surface area contributed by atoms with Gasteiger partial charge in [0, 0.05) is 51.4 Å². The zero-order valence-corrected chi connectivity index (χ0v) is 21.7. The number of ether oxygens (including phenoxy) is 3. The molecular formula is C22H33IN4O3S. The second-order valence-corrected chi connectivity index (χ2v) is 8.03. The minimum Gasteiger partial charge on any atom is -0.497 e. The van der Waals surface area contributed by atoms with Crippen molar-refractivity contribution in [2.45, 2.75) is 31.9 Å². The first kappa shape index (κ1) is 25.8. The van der Waals surface area contributed by atoms with Gasteiger partial charge in [-0.05, 0) is 43.5 Å². The number of nitrogens with one attached hydrogen (secondary N) is 1. The second-order valence-electron chi connectivity index (χ2n) is 7.18. The van der Waals surface area contributed by atoms with Gasteiger partial charge in [-0.2, -0.15) is 0 Å². The molecule has 1 N–H and O–H groups in total. The number of nitrogens with zero attached hydrogens (tertiary/aromatic N) is 3. The van der Waals surface area contributed by atoms with Gasteiger partial charge in [0.05, 0.1) is 25.5 Å². The van der Waals surface area contributed by atoms with Crippen LogP contribution in [0.15, 0.2) is 34.6 Å². The molecule has 2 aromatic rings. The topological polar surface area (TPSA) is 68.2 Å². The van der Waals surface area contributed by atoms with Crippen LogP contribution in [0.25, 0.3) is 10.6 Å². The average Bonchev–Trinajstić information content (AvgIpc) is 3.27. The number of piperidine rings is 1. The van der Waals surface area contributed by atoms with Crippen LogP contribution >= 0.6 is 35.3 Å². The van der Waals surface area contributed by atoms with Crippen molar-refractivity contribution in [3.05, 3.63) is 35.3 Å². The van der Waals surface area contributed by atoms with Crippen LogP contribution in [0.1, 0.15) is 25.0 Å². The van der Waals surface area contributed by atoms with Gasteiger partial charge in [0.25, 0.3) is 0 Å². The van der Waals surface area contributed by atoms with Gasteiger partial charge in [-0.25, -0.2) is 4.98 Å². The molecule has 31 heavy (non-hydrogen) atoms. The maximum Gasteiger partial charge on any atom is 0.193 e. The molecule has 0 unspecified atom stereocenters. The van der Waals surface area contributed by atoms with Crippen molar-refractivity contribution in [2.75, 3.05) is 47.6 Å². The van der Waals surface area contributed by atoms with Gasteiger partial charge in [0.1, 0.15) is 10.8 Å². The van der Waals surface area contributed by atoms with E-state index in [0.29, 0.717) is 12.6 Å². The maximum absolute atomic E-state index is 5.95. The normalized spacial score (nSPS) is 14.9. The number of likely N-dealkylation sites (tertiary alicyclic amines) is 1. The molecule has 0 aliphatic carbocycles. The first-order chi connectivity index (χ1) is 14.7. The summed E-state index contributed by atoms with van der Waals surface area (Å²) in [6.45, 7) is 4.08. The summed E-state index contributed by atoms with van der Waals surface area (Å²) in [6, 6.07) is 7.99. The van der Waals surface area contributed by atoms with Crippen LogP contribution in [0.2, 0.25) is 0 Å². The Labute approximate surface area is 206 Å². The number of methoxy groups -OCH3 is 2. The van der Waals surface area contributed by atoms with Crippen molar-refractivity contribution >= 4 is 41.3 Å². The number of guanidine groups is 1. The highest BCUT2D eigenvalue weighted by Crippen LogP contribution is 2.25. The lowest BCUT2D eigenvalue weighted by Gasteiger charge is -2.34. The molecule has 2 heterocycles. The van der Waals surface area contributed by atoms with Crippen molar-refractivity contribution in [3.8, 4) is 16.3 Å². The fourth-order valence-corrected chi connectivity index (χ4v) is 4.27. The number of hydrogen-bond donors (Lipinski definition) is 1. The Kier molecular flexibility index (Phi) is 11.6. The third-order valence-corrected chi connectivity index (χ3v) is 6.06. The summed E-state index contributed by atoms with van der Waals surface area (Å²) in [7, 11) is 5.23. The van der Waals surface area contributed by atoms with E-state index < -0.39 is 0 Å². The van der Waals surface area contributed by atoms with Gasteiger partial charge in [-0.15, -0.1) is 35.3 Å². The zero-order valence-electron chi connectivity index (χ0n) is 18.5. The monoisotopic (exact) mass is 560 g/mol. The Morgan fingerprint density at radius 1 is 1.19 bits per heavy atom. The van der Waals surface area contributed by atoms with E-state index in [1.807, 2.05) is 31.3 Å². The van der Waals surface area contributed by atoms with Gasteiger partial charge >= 0.3 is 0 Å².